The third-order valence-corrected chi connectivity index (χ3v) is 4.43. The van der Waals surface area contributed by atoms with Gasteiger partial charge in [0.05, 0.1) is 18.1 Å². The molecule has 0 radical (unpaired) electrons. The predicted molar refractivity (Wildman–Crippen MR) is 90.9 cm³/mol. The third kappa shape index (κ3) is 4.47. The Kier molecular flexibility index (Phi) is 7.39. The topological polar surface area (TPSA) is 64.3 Å². The maximum absolute atomic E-state index is 12.5. The molecule has 0 aliphatic carbocycles. The van der Waals surface area contributed by atoms with E-state index in [4.69, 9.17) is 10.5 Å². The van der Waals surface area contributed by atoms with E-state index in [0.717, 1.165) is 37.2 Å². The Hall–Kier alpha value is -1.55. The molecule has 1 rings (SSSR count). The Bertz CT molecular complexity index is 444. The Labute approximate surface area is 134 Å². The molecular formula is C18H30N2O2. The summed E-state index contributed by atoms with van der Waals surface area (Å²) < 4.78 is 5.57. The first kappa shape index (κ1) is 18.5. The molecule has 0 saturated carbocycles. The largest absolute Gasteiger partial charge is 0.494 e. The zero-order valence-corrected chi connectivity index (χ0v) is 14.3. The second-order valence-electron chi connectivity index (χ2n) is 5.80. The van der Waals surface area contributed by atoms with E-state index in [2.05, 4.69) is 12.2 Å². The smallest absolute Gasteiger partial charge is 0.227 e. The summed E-state index contributed by atoms with van der Waals surface area (Å²) in [5.74, 6) is 0.904. The van der Waals surface area contributed by atoms with Crippen LogP contribution >= 0.6 is 0 Å². The molecule has 1 aromatic rings. The van der Waals surface area contributed by atoms with Crippen molar-refractivity contribution in [2.45, 2.75) is 53.0 Å². The van der Waals surface area contributed by atoms with Gasteiger partial charge in [0.25, 0.3) is 0 Å². The monoisotopic (exact) mass is 306 g/mol. The Balaban J connectivity index is 2.71. The maximum atomic E-state index is 12.5. The van der Waals surface area contributed by atoms with Crippen LogP contribution in [0.3, 0.4) is 0 Å². The van der Waals surface area contributed by atoms with E-state index < -0.39 is 5.41 Å². The molecule has 1 atom stereocenters. The summed E-state index contributed by atoms with van der Waals surface area (Å²) in [6, 6.07) is 7.85. The van der Waals surface area contributed by atoms with E-state index in [-0.39, 0.29) is 11.9 Å². The van der Waals surface area contributed by atoms with Gasteiger partial charge in [0, 0.05) is 6.54 Å². The number of amides is 1. The highest BCUT2D eigenvalue weighted by Crippen LogP contribution is 2.27. The molecule has 4 heteroatoms. The fourth-order valence-electron chi connectivity index (χ4n) is 2.46. The first-order chi connectivity index (χ1) is 10.5. The van der Waals surface area contributed by atoms with Gasteiger partial charge in [-0.05, 0) is 43.9 Å². The average molecular weight is 306 g/mol. The van der Waals surface area contributed by atoms with Crippen LogP contribution in [0.25, 0.3) is 0 Å². The number of ether oxygens (including phenoxy) is 1. The molecule has 0 aliphatic rings. The summed E-state index contributed by atoms with van der Waals surface area (Å²) in [5, 5.41) is 3.09. The van der Waals surface area contributed by atoms with Gasteiger partial charge in [-0.1, -0.05) is 32.9 Å². The molecule has 3 N–H and O–H groups in total. The SMILES string of the molecule is CCCOc1ccc(C(C)NC(=O)C(CC)(CC)CN)cc1. The zero-order valence-electron chi connectivity index (χ0n) is 14.3. The van der Waals surface area contributed by atoms with Crippen molar-refractivity contribution in [3.8, 4) is 5.75 Å². The first-order valence-corrected chi connectivity index (χ1v) is 8.26. The minimum Gasteiger partial charge on any atom is -0.494 e. The molecule has 0 fully saturated rings. The van der Waals surface area contributed by atoms with Crippen LogP contribution in [0, 0.1) is 5.41 Å². The Morgan fingerprint density at radius 2 is 1.82 bits per heavy atom. The molecule has 1 aromatic carbocycles. The lowest BCUT2D eigenvalue weighted by molar-refractivity contribution is -0.131. The van der Waals surface area contributed by atoms with Crippen LogP contribution in [-0.4, -0.2) is 19.1 Å². The van der Waals surface area contributed by atoms with E-state index in [1.807, 2.05) is 45.0 Å². The quantitative estimate of drug-likeness (QED) is 0.735. The lowest BCUT2D eigenvalue weighted by Crippen LogP contribution is -2.46. The number of carbonyl (C=O) groups excluding carboxylic acids is 1. The van der Waals surface area contributed by atoms with Gasteiger partial charge < -0.3 is 15.8 Å². The van der Waals surface area contributed by atoms with E-state index in [9.17, 15) is 4.79 Å². The molecule has 0 saturated heterocycles. The summed E-state index contributed by atoms with van der Waals surface area (Å²) in [5.41, 5.74) is 6.44. The van der Waals surface area contributed by atoms with Crippen LogP contribution in [0.4, 0.5) is 0 Å². The third-order valence-electron chi connectivity index (χ3n) is 4.43. The number of nitrogens with one attached hydrogen (secondary N) is 1. The van der Waals surface area contributed by atoms with Crippen molar-refractivity contribution in [1.29, 1.82) is 0 Å². The zero-order chi connectivity index (χ0) is 16.6. The molecule has 124 valence electrons. The molecule has 0 heterocycles. The number of hydrogen-bond donors (Lipinski definition) is 2. The fourth-order valence-corrected chi connectivity index (χ4v) is 2.46. The number of benzene rings is 1. The van der Waals surface area contributed by atoms with Crippen molar-refractivity contribution >= 4 is 5.91 Å². The second-order valence-corrected chi connectivity index (χ2v) is 5.80. The standard InChI is InChI=1S/C18H30N2O2/c1-5-12-22-16-10-8-15(9-11-16)14(4)20-17(21)18(6-2,7-3)13-19/h8-11,14H,5-7,12-13,19H2,1-4H3,(H,20,21). The molecule has 1 unspecified atom stereocenters. The van der Waals surface area contributed by atoms with Crippen LogP contribution in [0.1, 0.15) is 58.6 Å². The molecule has 0 aromatic heterocycles. The van der Waals surface area contributed by atoms with Crippen LogP contribution in [0.15, 0.2) is 24.3 Å². The van der Waals surface area contributed by atoms with Gasteiger partial charge in [0.1, 0.15) is 5.75 Å². The first-order valence-electron chi connectivity index (χ1n) is 8.26. The molecule has 0 bridgehead atoms. The average Bonchev–Trinajstić information content (AvgIpc) is 2.55. The summed E-state index contributed by atoms with van der Waals surface area (Å²) >= 11 is 0. The van der Waals surface area contributed by atoms with Crippen molar-refractivity contribution in [2.24, 2.45) is 11.1 Å². The van der Waals surface area contributed by atoms with E-state index in [0.29, 0.717) is 6.54 Å². The van der Waals surface area contributed by atoms with Gasteiger partial charge in [-0.25, -0.2) is 0 Å². The lowest BCUT2D eigenvalue weighted by Gasteiger charge is -2.30. The Morgan fingerprint density at radius 1 is 1.23 bits per heavy atom. The normalized spacial score (nSPS) is 12.8. The van der Waals surface area contributed by atoms with E-state index in [1.165, 1.54) is 0 Å². The molecular weight excluding hydrogens is 276 g/mol. The highest BCUT2D eigenvalue weighted by Gasteiger charge is 2.33. The van der Waals surface area contributed by atoms with E-state index in [1.54, 1.807) is 0 Å². The second kappa shape index (κ2) is 8.79. The lowest BCUT2D eigenvalue weighted by atomic mass is 9.81. The molecule has 0 spiro atoms. The van der Waals surface area contributed by atoms with Crippen LogP contribution < -0.4 is 15.8 Å². The highest BCUT2D eigenvalue weighted by molar-refractivity contribution is 5.83. The molecule has 22 heavy (non-hydrogen) atoms. The van der Waals surface area contributed by atoms with Gasteiger partial charge in [-0.3, -0.25) is 4.79 Å². The van der Waals surface area contributed by atoms with Crippen LogP contribution in [-0.2, 0) is 4.79 Å². The number of rotatable bonds is 9. The van der Waals surface area contributed by atoms with Gasteiger partial charge in [0.15, 0.2) is 0 Å². The predicted octanol–water partition coefficient (Wildman–Crippen LogP) is 3.42. The van der Waals surface area contributed by atoms with Gasteiger partial charge in [0.2, 0.25) is 5.91 Å². The van der Waals surface area contributed by atoms with Gasteiger partial charge >= 0.3 is 0 Å². The minimum absolute atomic E-state index is 0.0406. The summed E-state index contributed by atoms with van der Waals surface area (Å²) in [4.78, 5) is 12.5. The minimum atomic E-state index is -0.460. The van der Waals surface area contributed by atoms with E-state index >= 15 is 0 Å². The molecule has 4 nitrogen and oxygen atoms in total. The van der Waals surface area contributed by atoms with Gasteiger partial charge in [-0.2, -0.15) is 0 Å². The van der Waals surface area contributed by atoms with Crippen molar-refractivity contribution in [2.75, 3.05) is 13.2 Å². The van der Waals surface area contributed by atoms with Crippen molar-refractivity contribution in [3.05, 3.63) is 29.8 Å². The molecule has 0 aliphatic heterocycles. The fraction of sp³-hybridized carbons (Fsp3) is 0.611. The highest BCUT2D eigenvalue weighted by atomic mass is 16.5. The number of nitrogens with two attached hydrogens (primary N) is 1. The maximum Gasteiger partial charge on any atom is 0.227 e. The summed E-state index contributed by atoms with van der Waals surface area (Å²) in [6.07, 6.45) is 2.49. The van der Waals surface area contributed by atoms with Gasteiger partial charge in [-0.15, -0.1) is 0 Å². The van der Waals surface area contributed by atoms with Crippen molar-refractivity contribution in [3.63, 3.8) is 0 Å². The number of hydrogen-bond acceptors (Lipinski definition) is 3. The van der Waals surface area contributed by atoms with Crippen molar-refractivity contribution < 1.29 is 9.53 Å². The Morgan fingerprint density at radius 3 is 2.27 bits per heavy atom. The van der Waals surface area contributed by atoms with Crippen LogP contribution in [0.2, 0.25) is 0 Å². The summed E-state index contributed by atoms with van der Waals surface area (Å²) in [6.45, 7) is 9.20. The molecule has 1 amide bonds. The summed E-state index contributed by atoms with van der Waals surface area (Å²) in [7, 11) is 0. The van der Waals surface area contributed by atoms with Crippen LogP contribution in [0.5, 0.6) is 5.75 Å². The van der Waals surface area contributed by atoms with Crippen molar-refractivity contribution in [1.82, 2.24) is 5.32 Å². The number of carbonyl (C=O) groups is 1.